The molecule has 3 unspecified atom stereocenters. The Morgan fingerprint density at radius 2 is 2.29 bits per heavy atom. The second-order valence-corrected chi connectivity index (χ2v) is 4.36. The van der Waals surface area contributed by atoms with Gasteiger partial charge in [-0.05, 0) is 25.5 Å². The van der Waals surface area contributed by atoms with E-state index in [1.54, 1.807) is 24.1 Å². The predicted octanol–water partition coefficient (Wildman–Crippen LogP) is 1.57. The van der Waals surface area contributed by atoms with Crippen molar-refractivity contribution >= 4 is 15.9 Å². The van der Waals surface area contributed by atoms with Gasteiger partial charge < -0.3 is 15.1 Å². The molecule has 0 aromatic rings. The number of aliphatic hydroxyl groups excluding tert-OH is 2. The fourth-order valence-corrected chi connectivity index (χ4v) is 1.99. The van der Waals surface area contributed by atoms with Crippen molar-refractivity contribution in [3.05, 3.63) is 22.8 Å². The molecule has 3 atom stereocenters. The minimum absolute atomic E-state index is 0.0434. The quantitative estimate of drug-likeness (QED) is 0.811. The van der Waals surface area contributed by atoms with Gasteiger partial charge in [0.05, 0.1) is 12.1 Å². The molecule has 0 fully saturated rings. The third kappa shape index (κ3) is 2.59. The number of hydrogen-bond donors (Lipinski definition) is 2. The summed E-state index contributed by atoms with van der Waals surface area (Å²) in [5.41, 5.74) is 0. The van der Waals surface area contributed by atoms with E-state index in [1.807, 2.05) is 13.0 Å². The Bertz CT molecular complexity index is 251. The molecular formula is C10H16BrNO2. The van der Waals surface area contributed by atoms with E-state index in [4.69, 9.17) is 0 Å². The Labute approximate surface area is 92.9 Å². The normalized spacial score (nSPS) is 25.9. The standard InChI is InChI=1S/C10H16BrNO2/c1-3-9(7(2)13)12-5-4-8(11)6-10(12)14/h4-7,9-10,13-14H,3H2,1-2H3. The Hall–Kier alpha value is -0.320. The summed E-state index contributed by atoms with van der Waals surface area (Å²) >= 11 is 3.29. The van der Waals surface area contributed by atoms with E-state index in [2.05, 4.69) is 15.9 Å². The molecule has 0 radical (unpaired) electrons. The molecule has 1 rings (SSSR count). The van der Waals surface area contributed by atoms with E-state index in [-0.39, 0.29) is 6.04 Å². The maximum atomic E-state index is 9.75. The lowest BCUT2D eigenvalue weighted by atomic mass is 10.1. The topological polar surface area (TPSA) is 43.7 Å². The van der Waals surface area contributed by atoms with Crippen LogP contribution in [0.2, 0.25) is 0 Å². The van der Waals surface area contributed by atoms with E-state index >= 15 is 0 Å². The van der Waals surface area contributed by atoms with Gasteiger partial charge in [0.2, 0.25) is 0 Å². The van der Waals surface area contributed by atoms with Gasteiger partial charge in [0.1, 0.15) is 6.23 Å². The largest absolute Gasteiger partial charge is 0.391 e. The van der Waals surface area contributed by atoms with Crippen LogP contribution in [0.4, 0.5) is 0 Å². The Balaban J connectivity index is 2.74. The second-order valence-electron chi connectivity index (χ2n) is 3.44. The number of rotatable bonds is 3. The fourth-order valence-electron chi connectivity index (χ4n) is 1.64. The molecule has 3 nitrogen and oxygen atoms in total. The molecule has 2 N–H and O–H groups in total. The summed E-state index contributed by atoms with van der Waals surface area (Å²) < 4.78 is 0.863. The molecule has 0 spiro atoms. The first kappa shape index (κ1) is 11.8. The van der Waals surface area contributed by atoms with Crippen LogP contribution in [0.3, 0.4) is 0 Å². The van der Waals surface area contributed by atoms with Gasteiger partial charge in [-0.25, -0.2) is 0 Å². The van der Waals surface area contributed by atoms with Gasteiger partial charge in [0.25, 0.3) is 0 Å². The summed E-state index contributed by atoms with van der Waals surface area (Å²) in [5, 5.41) is 19.3. The van der Waals surface area contributed by atoms with Crippen molar-refractivity contribution in [2.24, 2.45) is 0 Å². The smallest absolute Gasteiger partial charge is 0.147 e. The molecule has 0 aromatic carbocycles. The van der Waals surface area contributed by atoms with Gasteiger partial charge in [-0.1, -0.05) is 22.9 Å². The van der Waals surface area contributed by atoms with Crippen LogP contribution < -0.4 is 0 Å². The molecule has 1 heterocycles. The summed E-state index contributed by atoms with van der Waals surface area (Å²) in [6.07, 6.45) is 5.04. The average Bonchev–Trinajstić information content (AvgIpc) is 2.09. The number of allylic oxidation sites excluding steroid dienone is 2. The summed E-state index contributed by atoms with van der Waals surface area (Å²) in [5.74, 6) is 0. The van der Waals surface area contributed by atoms with Gasteiger partial charge in [0.15, 0.2) is 0 Å². The van der Waals surface area contributed by atoms with Crippen molar-refractivity contribution < 1.29 is 10.2 Å². The minimum atomic E-state index is -0.658. The number of hydrogen-bond acceptors (Lipinski definition) is 3. The van der Waals surface area contributed by atoms with Gasteiger partial charge >= 0.3 is 0 Å². The van der Waals surface area contributed by atoms with Crippen molar-refractivity contribution in [1.82, 2.24) is 4.90 Å². The number of halogens is 1. The predicted molar refractivity (Wildman–Crippen MR) is 59.8 cm³/mol. The van der Waals surface area contributed by atoms with Crippen molar-refractivity contribution in [2.75, 3.05) is 0 Å². The first-order valence-corrected chi connectivity index (χ1v) is 5.54. The van der Waals surface area contributed by atoms with E-state index in [0.29, 0.717) is 0 Å². The SMILES string of the molecule is CCC(C(C)O)N1C=CC(Br)=CC1O. The lowest BCUT2D eigenvalue weighted by Gasteiger charge is -2.36. The lowest BCUT2D eigenvalue weighted by molar-refractivity contribution is -0.00362. The molecule has 0 aliphatic carbocycles. The van der Waals surface area contributed by atoms with Crippen LogP contribution in [0.5, 0.6) is 0 Å². The summed E-state index contributed by atoms with van der Waals surface area (Å²) in [6.45, 7) is 3.73. The zero-order valence-corrected chi connectivity index (χ0v) is 9.98. The molecule has 1 aliphatic heterocycles. The maximum Gasteiger partial charge on any atom is 0.147 e. The third-order valence-electron chi connectivity index (χ3n) is 2.38. The summed E-state index contributed by atoms with van der Waals surface area (Å²) in [4.78, 5) is 1.76. The highest BCUT2D eigenvalue weighted by molar-refractivity contribution is 9.11. The average molecular weight is 262 g/mol. The molecule has 1 aliphatic rings. The molecule has 14 heavy (non-hydrogen) atoms. The van der Waals surface area contributed by atoms with Gasteiger partial charge in [-0.3, -0.25) is 0 Å². The third-order valence-corrected chi connectivity index (χ3v) is 2.91. The van der Waals surface area contributed by atoms with Crippen LogP contribution in [0.25, 0.3) is 0 Å². The van der Waals surface area contributed by atoms with E-state index in [1.165, 1.54) is 0 Å². The van der Waals surface area contributed by atoms with Gasteiger partial charge in [-0.15, -0.1) is 0 Å². The van der Waals surface area contributed by atoms with Gasteiger partial charge in [-0.2, -0.15) is 0 Å². The zero-order chi connectivity index (χ0) is 10.7. The molecule has 0 aromatic heterocycles. The van der Waals surface area contributed by atoms with Crippen LogP contribution in [0.15, 0.2) is 22.8 Å². The second kappa shape index (κ2) is 4.96. The first-order valence-electron chi connectivity index (χ1n) is 4.75. The summed E-state index contributed by atoms with van der Waals surface area (Å²) in [7, 11) is 0. The summed E-state index contributed by atoms with van der Waals surface area (Å²) in [6, 6.07) is -0.0434. The number of aliphatic hydroxyl groups is 2. The highest BCUT2D eigenvalue weighted by Crippen LogP contribution is 2.21. The minimum Gasteiger partial charge on any atom is -0.391 e. The van der Waals surface area contributed by atoms with E-state index in [0.717, 1.165) is 10.9 Å². The van der Waals surface area contributed by atoms with Crippen molar-refractivity contribution in [3.8, 4) is 0 Å². The van der Waals surface area contributed by atoms with Crippen molar-refractivity contribution in [1.29, 1.82) is 0 Å². The Morgan fingerprint density at radius 1 is 1.64 bits per heavy atom. The monoisotopic (exact) mass is 261 g/mol. The van der Waals surface area contributed by atoms with Crippen molar-refractivity contribution in [2.45, 2.75) is 38.6 Å². The zero-order valence-electron chi connectivity index (χ0n) is 8.39. The van der Waals surface area contributed by atoms with Crippen LogP contribution in [0.1, 0.15) is 20.3 Å². The fraction of sp³-hybridized carbons (Fsp3) is 0.600. The van der Waals surface area contributed by atoms with Crippen LogP contribution in [0, 0.1) is 0 Å². The van der Waals surface area contributed by atoms with Gasteiger partial charge in [0, 0.05) is 10.7 Å². The lowest BCUT2D eigenvalue weighted by Crippen LogP contribution is -2.44. The van der Waals surface area contributed by atoms with E-state index in [9.17, 15) is 10.2 Å². The van der Waals surface area contributed by atoms with Crippen molar-refractivity contribution in [3.63, 3.8) is 0 Å². The van der Waals surface area contributed by atoms with Crippen LogP contribution in [-0.2, 0) is 0 Å². The highest BCUT2D eigenvalue weighted by Gasteiger charge is 2.24. The highest BCUT2D eigenvalue weighted by atomic mass is 79.9. The molecule has 4 heteroatoms. The Kier molecular flexibility index (Phi) is 4.16. The first-order chi connectivity index (χ1) is 6.56. The molecule has 0 saturated heterocycles. The molecule has 0 amide bonds. The molecular weight excluding hydrogens is 246 g/mol. The molecule has 0 bridgehead atoms. The molecule has 80 valence electrons. The van der Waals surface area contributed by atoms with E-state index < -0.39 is 12.3 Å². The molecule has 0 saturated carbocycles. The number of nitrogens with zero attached hydrogens (tertiary/aromatic N) is 1. The van der Waals surface area contributed by atoms with Crippen LogP contribution in [-0.4, -0.2) is 33.5 Å². The van der Waals surface area contributed by atoms with Crippen LogP contribution >= 0.6 is 15.9 Å². The maximum absolute atomic E-state index is 9.75. The Morgan fingerprint density at radius 3 is 2.71 bits per heavy atom.